The highest BCUT2D eigenvalue weighted by Crippen LogP contribution is 2.31. The van der Waals surface area contributed by atoms with Crippen molar-refractivity contribution in [3.05, 3.63) is 28.8 Å². The van der Waals surface area contributed by atoms with Crippen molar-refractivity contribution in [3.8, 4) is 0 Å². The Kier molecular flexibility index (Phi) is 4.35. The summed E-state index contributed by atoms with van der Waals surface area (Å²) in [5.74, 6) is 0.346. The van der Waals surface area contributed by atoms with E-state index in [0.29, 0.717) is 12.0 Å². The second-order valence-corrected chi connectivity index (χ2v) is 6.05. The zero-order chi connectivity index (χ0) is 14.0. The van der Waals surface area contributed by atoms with E-state index >= 15 is 0 Å². The summed E-state index contributed by atoms with van der Waals surface area (Å²) in [4.78, 5) is 11.1. The van der Waals surface area contributed by atoms with Crippen LogP contribution in [-0.4, -0.2) is 17.1 Å². The maximum absolute atomic E-state index is 11.1. The predicted octanol–water partition coefficient (Wildman–Crippen LogP) is 4.27. The van der Waals surface area contributed by atoms with Crippen molar-refractivity contribution in [3.63, 3.8) is 0 Å². The highest BCUT2D eigenvalue weighted by atomic mass is 35.5. The van der Waals surface area contributed by atoms with Gasteiger partial charge in [0.15, 0.2) is 0 Å². The molecule has 19 heavy (non-hydrogen) atoms. The summed E-state index contributed by atoms with van der Waals surface area (Å²) in [6, 6.07) is 5.52. The van der Waals surface area contributed by atoms with E-state index < -0.39 is 5.97 Å². The Hall–Kier alpha value is -1.22. The molecular weight excluding hydrogens is 262 g/mol. The molecule has 0 aliphatic heterocycles. The minimum atomic E-state index is -0.987. The molecule has 3 atom stereocenters. The first kappa shape index (κ1) is 14.2. The van der Waals surface area contributed by atoms with Gasteiger partial charge in [-0.05, 0) is 42.9 Å². The normalized spacial score (nSPS) is 27.0. The Morgan fingerprint density at radius 1 is 1.37 bits per heavy atom. The Morgan fingerprint density at radius 3 is 2.79 bits per heavy atom. The van der Waals surface area contributed by atoms with Crippen LogP contribution in [-0.2, 0) is 0 Å². The van der Waals surface area contributed by atoms with Crippen LogP contribution < -0.4 is 5.32 Å². The number of carbonyl (C=O) groups is 1. The molecule has 0 heterocycles. The van der Waals surface area contributed by atoms with Crippen molar-refractivity contribution in [2.75, 3.05) is 5.32 Å². The largest absolute Gasteiger partial charge is 0.478 e. The number of carboxylic acids is 1. The van der Waals surface area contributed by atoms with Gasteiger partial charge in [-0.2, -0.15) is 0 Å². The van der Waals surface area contributed by atoms with E-state index in [1.54, 1.807) is 12.1 Å². The highest BCUT2D eigenvalue weighted by Gasteiger charge is 2.25. The molecule has 1 saturated carbocycles. The number of anilines is 1. The Balaban J connectivity index is 2.14. The first-order valence-electron chi connectivity index (χ1n) is 6.76. The van der Waals surface area contributed by atoms with Gasteiger partial charge in [0.05, 0.1) is 10.6 Å². The van der Waals surface area contributed by atoms with Crippen LogP contribution in [0.5, 0.6) is 0 Å². The number of hydrogen-bond acceptors (Lipinski definition) is 2. The van der Waals surface area contributed by atoms with E-state index in [9.17, 15) is 4.79 Å². The average Bonchev–Trinajstić information content (AvgIpc) is 2.36. The zero-order valence-electron chi connectivity index (χ0n) is 11.3. The lowest BCUT2D eigenvalue weighted by atomic mass is 9.80. The van der Waals surface area contributed by atoms with Gasteiger partial charge < -0.3 is 10.4 Å². The summed E-state index contributed by atoms with van der Waals surface area (Å²) in [5, 5.41) is 12.8. The molecule has 1 aromatic rings. The van der Waals surface area contributed by atoms with Crippen LogP contribution in [0.1, 0.15) is 43.5 Å². The molecule has 2 N–H and O–H groups in total. The minimum Gasteiger partial charge on any atom is -0.478 e. The number of rotatable bonds is 3. The molecule has 3 nitrogen and oxygen atoms in total. The van der Waals surface area contributed by atoms with E-state index in [-0.39, 0.29) is 10.6 Å². The Morgan fingerprint density at radius 2 is 2.11 bits per heavy atom. The predicted molar refractivity (Wildman–Crippen MR) is 78.0 cm³/mol. The molecule has 0 aromatic heterocycles. The lowest BCUT2D eigenvalue weighted by Crippen LogP contribution is -2.33. The molecule has 1 fully saturated rings. The average molecular weight is 282 g/mol. The quantitative estimate of drug-likeness (QED) is 0.870. The van der Waals surface area contributed by atoms with Crippen molar-refractivity contribution in [2.24, 2.45) is 11.8 Å². The SMILES string of the molecule is CC1CCC(C)C(Nc2ccc(Cl)c(C(=O)O)c2)C1. The Bertz CT molecular complexity index is 475. The molecular formula is C15H20ClNO2. The van der Waals surface area contributed by atoms with Crippen molar-refractivity contribution in [2.45, 2.75) is 39.2 Å². The third-order valence-electron chi connectivity index (χ3n) is 4.01. The first-order chi connectivity index (χ1) is 8.97. The number of nitrogens with one attached hydrogen (secondary N) is 1. The molecule has 0 saturated heterocycles. The van der Waals surface area contributed by atoms with Crippen LogP contribution in [0.15, 0.2) is 18.2 Å². The summed E-state index contributed by atoms with van der Waals surface area (Å²) >= 11 is 5.88. The third kappa shape index (κ3) is 3.41. The van der Waals surface area contributed by atoms with Crippen molar-refractivity contribution in [1.82, 2.24) is 0 Å². The fourth-order valence-electron chi connectivity index (χ4n) is 2.73. The maximum Gasteiger partial charge on any atom is 0.337 e. The van der Waals surface area contributed by atoms with Gasteiger partial charge in [0.2, 0.25) is 0 Å². The molecule has 3 unspecified atom stereocenters. The van der Waals surface area contributed by atoms with Gasteiger partial charge in [0.1, 0.15) is 0 Å². The van der Waals surface area contributed by atoms with Gasteiger partial charge in [-0.3, -0.25) is 0 Å². The lowest BCUT2D eigenvalue weighted by molar-refractivity contribution is 0.0697. The van der Waals surface area contributed by atoms with E-state index in [2.05, 4.69) is 19.2 Å². The minimum absolute atomic E-state index is 0.156. The van der Waals surface area contributed by atoms with Gasteiger partial charge in [-0.25, -0.2) is 4.79 Å². The smallest absolute Gasteiger partial charge is 0.337 e. The standard InChI is InChI=1S/C15H20ClNO2/c1-9-3-4-10(2)14(7-9)17-11-5-6-13(16)12(8-11)15(18)19/h5-6,8-10,14,17H,3-4,7H2,1-2H3,(H,18,19). The van der Waals surface area contributed by atoms with Crippen molar-refractivity contribution < 1.29 is 9.90 Å². The van der Waals surface area contributed by atoms with Crippen LogP contribution >= 0.6 is 11.6 Å². The van der Waals surface area contributed by atoms with Crippen LogP contribution in [0, 0.1) is 11.8 Å². The second kappa shape index (κ2) is 5.83. The number of aromatic carboxylic acids is 1. The number of benzene rings is 1. The molecule has 0 radical (unpaired) electrons. The van der Waals surface area contributed by atoms with Gasteiger partial charge in [-0.1, -0.05) is 31.9 Å². The van der Waals surface area contributed by atoms with Gasteiger partial charge in [0.25, 0.3) is 0 Å². The maximum atomic E-state index is 11.1. The summed E-state index contributed by atoms with van der Waals surface area (Å²) < 4.78 is 0. The van der Waals surface area contributed by atoms with E-state index in [0.717, 1.165) is 18.0 Å². The lowest BCUT2D eigenvalue weighted by Gasteiger charge is -2.34. The van der Waals surface area contributed by atoms with Gasteiger partial charge in [-0.15, -0.1) is 0 Å². The van der Waals surface area contributed by atoms with E-state index in [1.807, 2.05) is 6.07 Å². The van der Waals surface area contributed by atoms with Crippen LogP contribution in [0.3, 0.4) is 0 Å². The summed E-state index contributed by atoms with van der Waals surface area (Å²) in [7, 11) is 0. The van der Waals surface area contributed by atoms with Crippen LogP contribution in [0.2, 0.25) is 5.02 Å². The molecule has 1 aliphatic carbocycles. The molecule has 1 aromatic carbocycles. The van der Waals surface area contributed by atoms with Crippen LogP contribution in [0.4, 0.5) is 5.69 Å². The number of halogens is 1. The zero-order valence-corrected chi connectivity index (χ0v) is 12.1. The van der Waals surface area contributed by atoms with Crippen molar-refractivity contribution in [1.29, 1.82) is 0 Å². The van der Waals surface area contributed by atoms with Gasteiger partial charge in [0, 0.05) is 11.7 Å². The fourth-order valence-corrected chi connectivity index (χ4v) is 2.92. The summed E-state index contributed by atoms with van der Waals surface area (Å²) in [6.45, 7) is 4.52. The molecule has 0 bridgehead atoms. The van der Waals surface area contributed by atoms with Crippen LogP contribution in [0.25, 0.3) is 0 Å². The van der Waals surface area contributed by atoms with E-state index in [4.69, 9.17) is 16.7 Å². The second-order valence-electron chi connectivity index (χ2n) is 5.65. The summed E-state index contributed by atoms with van der Waals surface area (Å²) in [5.41, 5.74) is 0.996. The first-order valence-corrected chi connectivity index (χ1v) is 7.14. The molecule has 2 rings (SSSR count). The highest BCUT2D eigenvalue weighted by molar-refractivity contribution is 6.33. The Labute approximate surface area is 119 Å². The third-order valence-corrected chi connectivity index (χ3v) is 4.34. The number of carboxylic acid groups (broad SMARTS) is 1. The molecule has 104 valence electrons. The molecule has 1 aliphatic rings. The molecule has 0 amide bonds. The summed E-state index contributed by atoms with van der Waals surface area (Å²) in [6.07, 6.45) is 3.63. The topological polar surface area (TPSA) is 49.3 Å². The van der Waals surface area contributed by atoms with Gasteiger partial charge >= 0.3 is 5.97 Å². The fraction of sp³-hybridized carbons (Fsp3) is 0.533. The van der Waals surface area contributed by atoms with Crippen molar-refractivity contribution >= 4 is 23.3 Å². The monoisotopic (exact) mass is 281 g/mol. The molecule has 0 spiro atoms. The number of hydrogen-bond donors (Lipinski definition) is 2. The molecule has 4 heteroatoms. The van der Waals surface area contributed by atoms with E-state index in [1.165, 1.54) is 12.8 Å².